The molecule has 0 unspecified atom stereocenters. The van der Waals surface area contributed by atoms with Gasteiger partial charge in [-0.25, -0.2) is 4.98 Å². The van der Waals surface area contributed by atoms with Crippen LogP contribution in [-0.4, -0.2) is 15.8 Å². The molecule has 0 fully saturated rings. The minimum Gasteiger partial charge on any atom is -0.319 e. The summed E-state index contributed by atoms with van der Waals surface area (Å²) in [5, 5.41) is 15.4. The number of nitro benzene ring substituents is 1. The molecule has 0 bridgehead atoms. The first-order valence-corrected chi connectivity index (χ1v) is 9.89. The molecule has 8 heteroatoms. The summed E-state index contributed by atoms with van der Waals surface area (Å²) in [6.07, 6.45) is 0. The molecule has 1 heterocycles. The summed E-state index contributed by atoms with van der Waals surface area (Å²) in [7, 11) is 0. The van der Waals surface area contributed by atoms with Crippen LogP contribution in [0.15, 0.2) is 58.3 Å². The molecule has 1 amide bonds. The second-order valence-electron chi connectivity index (χ2n) is 5.93. The monoisotopic (exact) mass is 399 g/mol. The largest absolute Gasteiger partial charge is 0.319 e. The van der Waals surface area contributed by atoms with Crippen LogP contribution in [0.2, 0.25) is 0 Å². The fraction of sp³-hybridized carbons (Fsp3) is 0.158. The summed E-state index contributed by atoms with van der Waals surface area (Å²) in [4.78, 5) is 28.3. The molecule has 1 atom stereocenters. The number of anilines is 1. The zero-order valence-corrected chi connectivity index (χ0v) is 16.3. The van der Waals surface area contributed by atoms with E-state index < -0.39 is 10.2 Å². The van der Waals surface area contributed by atoms with Crippen LogP contribution in [0, 0.1) is 24.0 Å². The quantitative estimate of drug-likeness (QED) is 0.352. The Morgan fingerprint density at radius 3 is 2.59 bits per heavy atom. The summed E-state index contributed by atoms with van der Waals surface area (Å²) in [5.74, 6) is -0.328. The van der Waals surface area contributed by atoms with Crippen molar-refractivity contribution < 1.29 is 9.72 Å². The molecule has 0 aliphatic rings. The molecule has 138 valence electrons. The fourth-order valence-electron chi connectivity index (χ4n) is 2.48. The lowest BCUT2D eigenvalue weighted by Gasteiger charge is -2.16. The van der Waals surface area contributed by atoms with Gasteiger partial charge in [-0.15, -0.1) is 11.3 Å². The van der Waals surface area contributed by atoms with Gasteiger partial charge in [0.2, 0.25) is 5.91 Å². The molecule has 1 N–H and O–H groups in total. The van der Waals surface area contributed by atoms with Gasteiger partial charge in [-0.2, -0.15) is 0 Å². The number of nitrogens with one attached hydrogen (secondary N) is 1. The van der Waals surface area contributed by atoms with Crippen LogP contribution in [0.3, 0.4) is 0 Å². The van der Waals surface area contributed by atoms with Gasteiger partial charge in [0, 0.05) is 17.1 Å². The number of thiazole rings is 1. The van der Waals surface area contributed by atoms with Gasteiger partial charge in [-0.1, -0.05) is 48.2 Å². The lowest BCUT2D eigenvalue weighted by Crippen LogP contribution is -2.19. The maximum absolute atomic E-state index is 13.0. The van der Waals surface area contributed by atoms with Gasteiger partial charge in [0.15, 0.2) is 4.34 Å². The molecular weight excluding hydrogens is 382 g/mol. The molecule has 0 saturated carbocycles. The van der Waals surface area contributed by atoms with Crippen molar-refractivity contribution in [1.82, 2.24) is 4.98 Å². The van der Waals surface area contributed by atoms with Crippen molar-refractivity contribution >= 4 is 40.4 Å². The number of nitro groups is 1. The van der Waals surface area contributed by atoms with Crippen molar-refractivity contribution in [2.45, 2.75) is 23.4 Å². The van der Waals surface area contributed by atoms with Gasteiger partial charge in [0.25, 0.3) is 5.69 Å². The van der Waals surface area contributed by atoms with E-state index in [4.69, 9.17) is 0 Å². The minimum atomic E-state index is -0.572. The van der Waals surface area contributed by atoms with Crippen molar-refractivity contribution in [3.8, 4) is 0 Å². The standard InChI is InChI=1S/C19H17N3O3S2/c1-12-8-9-15(16(10-12)22(24)25)21-18(23)17(14-6-4-3-5-7-14)27-19-20-13(2)11-26-19/h3-11,17H,1-2H3,(H,21,23)/t17-/m1/s1. The summed E-state index contributed by atoms with van der Waals surface area (Å²) in [5.41, 5.74) is 2.52. The molecule has 0 aliphatic heterocycles. The Kier molecular flexibility index (Phi) is 5.88. The number of thioether (sulfide) groups is 1. The number of carbonyl (C=O) groups excluding carboxylic acids is 1. The van der Waals surface area contributed by atoms with Crippen molar-refractivity contribution in [2.24, 2.45) is 0 Å². The zero-order valence-electron chi connectivity index (χ0n) is 14.7. The maximum Gasteiger partial charge on any atom is 0.293 e. The van der Waals surface area contributed by atoms with E-state index >= 15 is 0 Å². The molecule has 3 aromatic rings. The molecular formula is C19H17N3O3S2. The molecule has 0 aliphatic carbocycles. The number of amides is 1. The van der Waals surface area contributed by atoms with Crippen molar-refractivity contribution in [3.63, 3.8) is 0 Å². The first-order chi connectivity index (χ1) is 12.9. The van der Waals surface area contributed by atoms with Crippen molar-refractivity contribution in [1.29, 1.82) is 0 Å². The maximum atomic E-state index is 13.0. The lowest BCUT2D eigenvalue weighted by molar-refractivity contribution is -0.384. The Morgan fingerprint density at radius 2 is 1.96 bits per heavy atom. The highest BCUT2D eigenvalue weighted by atomic mass is 32.2. The van der Waals surface area contributed by atoms with E-state index in [1.165, 1.54) is 29.2 Å². The Bertz CT molecular complexity index is 973. The Balaban J connectivity index is 1.91. The number of benzene rings is 2. The van der Waals surface area contributed by atoms with E-state index in [2.05, 4.69) is 10.3 Å². The zero-order chi connectivity index (χ0) is 19.4. The SMILES string of the molecule is Cc1ccc(NC(=O)[C@H](Sc2nc(C)cs2)c2ccccc2)c([N+](=O)[O-])c1. The molecule has 27 heavy (non-hydrogen) atoms. The first-order valence-electron chi connectivity index (χ1n) is 8.13. The molecule has 0 saturated heterocycles. The predicted molar refractivity (Wildman–Crippen MR) is 108 cm³/mol. The van der Waals surface area contributed by atoms with Crippen LogP contribution in [0.1, 0.15) is 22.1 Å². The molecule has 0 radical (unpaired) electrons. The van der Waals surface area contributed by atoms with Gasteiger partial charge in [0.1, 0.15) is 10.9 Å². The van der Waals surface area contributed by atoms with Crippen LogP contribution in [0.25, 0.3) is 0 Å². The van der Waals surface area contributed by atoms with Gasteiger partial charge >= 0.3 is 0 Å². The molecule has 6 nitrogen and oxygen atoms in total. The Labute approximate surface area is 164 Å². The van der Waals surface area contributed by atoms with Gasteiger partial charge < -0.3 is 5.32 Å². The number of aromatic nitrogens is 1. The second kappa shape index (κ2) is 8.32. The average Bonchev–Trinajstić information content (AvgIpc) is 3.06. The van der Waals surface area contributed by atoms with E-state index in [1.54, 1.807) is 19.1 Å². The molecule has 2 aromatic carbocycles. The summed E-state index contributed by atoms with van der Waals surface area (Å²) in [6.45, 7) is 3.67. The molecule has 0 spiro atoms. The third-order valence-electron chi connectivity index (χ3n) is 3.76. The van der Waals surface area contributed by atoms with Crippen molar-refractivity contribution in [2.75, 3.05) is 5.32 Å². The number of nitrogens with zero attached hydrogens (tertiary/aromatic N) is 2. The summed E-state index contributed by atoms with van der Waals surface area (Å²) >= 11 is 2.80. The number of aryl methyl sites for hydroxylation is 2. The molecule has 1 aromatic heterocycles. The number of rotatable bonds is 6. The van der Waals surface area contributed by atoms with E-state index in [0.29, 0.717) is 0 Å². The third kappa shape index (κ3) is 4.72. The van der Waals surface area contributed by atoms with Gasteiger partial charge in [0.05, 0.1) is 4.92 Å². The molecule has 3 rings (SSSR count). The van der Waals surface area contributed by atoms with Crippen LogP contribution >= 0.6 is 23.1 Å². The topological polar surface area (TPSA) is 85.1 Å². The number of carbonyl (C=O) groups is 1. The van der Waals surface area contributed by atoms with E-state index in [0.717, 1.165) is 21.2 Å². The fourth-order valence-corrected chi connectivity index (χ4v) is 4.52. The summed E-state index contributed by atoms with van der Waals surface area (Å²) in [6, 6.07) is 14.1. The van der Waals surface area contributed by atoms with Crippen LogP contribution in [-0.2, 0) is 4.79 Å². The average molecular weight is 399 g/mol. The van der Waals surface area contributed by atoms with E-state index in [1.807, 2.05) is 42.6 Å². The van der Waals surface area contributed by atoms with Crippen LogP contribution in [0.5, 0.6) is 0 Å². The van der Waals surface area contributed by atoms with Gasteiger partial charge in [-0.05, 0) is 31.0 Å². The van der Waals surface area contributed by atoms with E-state index in [9.17, 15) is 14.9 Å². The van der Waals surface area contributed by atoms with Crippen LogP contribution in [0.4, 0.5) is 11.4 Å². The Hall–Kier alpha value is -2.71. The second-order valence-corrected chi connectivity index (χ2v) is 8.14. The number of hydrogen-bond donors (Lipinski definition) is 1. The minimum absolute atomic E-state index is 0.120. The third-order valence-corrected chi connectivity index (χ3v) is 6.11. The summed E-state index contributed by atoms with van der Waals surface area (Å²) < 4.78 is 0.773. The highest BCUT2D eigenvalue weighted by Gasteiger charge is 2.26. The van der Waals surface area contributed by atoms with E-state index in [-0.39, 0.29) is 17.3 Å². The lowest BCUT2D eigenvalue weighted by atomic mass is 10.1. The Morgan fingerprint density at radius 1 is 1.22 bits per heavy atom. The highest BCUT2D eigenvalue weighted by molar-refractivity contribution is 8.01. The first kappa shape index (κ1) is 19.1. The number of hydrogen-bond acceptors (Lipinski definition) is 6. The van der Waals surface area contributed by atoms with Crippen LogP contribution < -0.4 is 5.32 Å². The predicted octanol–water partition coefficient (Wildman–Crippen LogP) is 5.14. The van der Waals surface area contributed by atoms with Gasteiger partial charge in [-0.3, -0.25) is 14.9 Å². The van der Waals surface area contributed by atoms with Crippen molar-refractivity contribution in [3.05, 3.63) is 80.8 Å². The highest BCUT2D eigenvalue weighted by Crippen LogP contribution is 2.38. The normalized spacial score (nSPS) is 11.8. The smallest absolute Gasteiger partial charge is 0.293 e.